The first-order valence-electron chi connectivity index (χ1n) is 21.1. The average Bonchev–Trinajstić information content (AvgIpc) is 3.83. The third-order valence-electron chi connectivity index (χ3n) is 12.8. The number of anilines is 3. The van der Waals surface area contributed by atoms with E-state index in [0.29, 0.717) is 0 Å². The van der Waals surface area contributed by atoms with Crippen LogP contribution in [0.4, 0.5) is 17.1 Å². The zero-order chi connectivity index (χ0) is 40.3. The molecule has 0 N–H and O–H groups in total. The van der Waals surface area contributed by atoms with Gasteiger partial charge in [-0.05, 0) is 98.4 Å². The Kier molecular flexibility index (Phi) is 8.11. The fraction of sp³-hybridized carbons (Fsp3) is 0.0169. The molecule has 0 fully saturated rings. The molecule has 0 spiro atoms. The summed E-state index contributed by atoms with van der Waals surface area (Å²) in [7, 11) is 0. The monoisotopic (exact) mass is 776 g/mol. The van der Waals surface area contributed by atoms with Crippen molar-refractivity contribution in [3.8, 4) is 27.9 Å². The summed E-state index contributed by atoms with van der Waals surface area (Å²) in [6, 6.07) is 89.1. The number of benzene rings is 10. The van der Waals surface area contributed by atoms with E-state index in [-0.39, 0.29) is 0 Å². The van der Waals surface area contributed by atoms with Crippen LogP contribution in [0.2, 0.25) is 0 Å². The number of hydrogen-bond acceptors (Lipinski definition) is 1. The SMILES string of the molecule is c1ccc(-c2cccc(-n3c4cc(N(c5ccccc5)c5ccc6c(c5)C(c5ccccc5)(c5ccccc5)c5ccccc5-6)ccc4c4ccc5ccccc5c43)c2)cc1. The first-order chi connectivity index (χ1) is 30.3. The molecule has 0 aliphatic heterocycles. The third kappa shape index (κ3) is 5.43. The summed E-state index contributed by atoms with van der Waals surface area (Å²) in [5.41, 5.74) is 16.3. The maximum atomic E-state index is 2.49. The molecule has 10 aromatic carbocycles. The highest BCUT2D eigenvalue weighted by atomic mass is 15.1. The smallest absolute Gasteiger partial charge is 0.0714 e. The largest absolute Gasteiger partial charge is 0.310 e. The number of fused-ring (bicyclic) bond motifs is 8. The summed E-state index contributed by atoms with van der Waals surface area (Å²) in [6.07, 6.45) is 0. The number of nitrogens with zero attached hydrogens (tertiary/aromatic N) is 2. The Labute approximate surface area is 355 Å². The molecule has 2 heteroatoms. The molecule has 0 radical (unpaired) electrons. The fourth-order valence-electron chi connectivity index (χ4n) is 10.2. The molecule has 0 bridgehead atoms. The lowest BCUT2D eigenvalue weighted by Gasteiger charge is -2.35. The maximum absolute atomic E-state index is 2.49. The minimum absolute atomic E-state index is 0.506. The van der Waals surface area contributed by atoms with Crippen LogP contribution in [0, 0.1) is 0 Å². The highest BCUT2D eigenvalue weighted by molar-refractivity contribution is 6.19. The van der Waals surface area contributed by atoms with E-state index < -0.39 is 5.41 Å². The standard InChI is InChI=1S/C59H40N2/c1-5-18-41(19-6-1)43-21-17-28-47(38-43)61-57-40-49(34-37-53(57)54-35-32-42-20-13-14-29-50(42)58(54)61)60(46-26-11-4-12-27-46)48-33-36-52-51-30-15-16-31-55(51)59(56(52)39-48,44-22-7-2-8-23-44)45-24-9-3-10-25-45/h1-40H. The van der Waals surface area contributed by atoms with Crippen molar-refractivity contribution in [3.63, 3.8) is 0 Å². The van der Waals surface area contributed by atoms with Gasteiger partial charge in [0.2, 0.25) is 0 Å². The Morgan fingerprint density at radius 2 is 0.934 bits per heavy atom. The van der Waals surface area contributed by atoms with Crippen molar-refractivity contribution in [1.82, 2.24) is 4.57 Å². The minimum atomic E-state index is -0.506. The molecule has 0 saturated heterocycles. The van der Waals surface area contributed by atoms with Crippen molar-refractivity contribution in [2.75, 3.05) is 4.90 Å². The first-order valence-corrected chi connectivity index (χ1v) is 21.1. The first kappa shape index (κ1) is 35.0. The van der Waals surface area contributed by atoms with Crippen LogP contribution in [0.1, 0.15) is 22.3 Å². The van der Waals surface area contributed by atoms with Crippen molar-refractivity contribution in [3.05, 3.63) is 265 Å². The van der Waals surface area contributed by atoms with Crippen LogP contribution in [-0.2, 0) is 5.41 Å². The van der Waals surface area contributed by atoms with Gasteiger partial charge in [0.25, 0.3) is 0 Å². The van der Waals surface area contributed by atoms with Crippen molar-refractivity contribution in [2.45, 2.75) is 5.41 Å². The van der Waals surface area contributed by atoms with Crippen molar-refractivity contribution in [2.24, 2.45) is 0 Å². The Hall–Kier alpha value is -7.94. The maximum Gasteiger partial charge on any atom is 0.0714 e. The van der Waals surface area contributed by atoms with Gasteiger partial charge in [0.1, 0.15) is 0 Å². The molecule has 12 rings (SSSR count). The van der Waals surface area contributed by atoms with Gasteiger partial charge >= 0.3 is 0 Å². The minimum Gasteiger partial charge on any atom is -0.310 e. The second-order valence-corrected chi connectivity index (χ2v) is 16.1. The van der Waals surface area contributed by atoms with E-state index in [4.69, 9.17) is 0 Å². The van der Waals surface area contributed by atoms with Crippen molar-refractivity contribution >= 4 is 49.6 Å². The van der Waals surface area contributed by atoms with E-state index >= 15 is 0 Å². The van der Waals surface area contributed by atoms with Crippen molar-refractivity contribution < 1.29 is 0 Å². The van der Waals surface area contributed by atoms with Gasteiger partial charge in [-0.1, -0.05) is 194 Å². The molecule has 11 aromatic rings. The fourth-order valence-corrected chi connectivity index (χ4v) is 10.2. The summed E-state index contributed by atoms with van der Waals surface area (Å²) < 4.78 is 2.49. The average molecular weight is 777 g/mol. The topological polar surface area (TPSA) is 8.17 Å². The van der Waals surface area contributed by atoms with Gasteiger partial charge in [0, 0.05) is 38.9 Å². The van der Waals surface area contributed by atoms with E-state index in [1.165, 1.54) is 71.6 Å². The van der Waals surface area contributed by atoms with Gasteiger partial charge in [-0.25, -0.2) is 0 Å². The third-order valence-corrected chi connectivity index (χ3v) is 12.8. The summed E-state index contributed by atoms with van der Waals surface area (Å²) >= 11 is 0. The van der Waals surface area contributed by atoms with Crippen LogP contribution in [0.15, 0.2) is 243 Å². The quantitative estimate of drug-likeness (QED) is 0.156. The van der Waals surface area contributed by atoms with E-state index in [9.17, 15) is 0 Å². The molecule has 2 nitrogen and oxygen atoms in total. The van der Waals surface area contributed by atoms with E-state index in [1.807, 2.05) is 0 Å². The van der Waals surface area contributed by atoms with Crippen LogP contribution >= 0.6 is 0 Å². The number of para-hydroxylation sites is 1. The van der Waals surface area contributed by atoms with Crippen LogP contribution in [-0.4, -0.2) is 4.57 Å². The predicted molar refractivity (Wildman–Crippen MR) is 256 cm³/mol. The van der Waals surface area contributed by atoms with E-state index in [0.717, 1.165) is 28.3 Å². The molecular weight excluding hydrogens is 737 g/mol. The highest BCUT2D eigenvalue weighted by Crippen LogP contribution is 2.57. The van der Waals surface area contributed by atoms with Crippen LogP contribution in [0.5, 0.6) is 0 Å². The lowest BCUT2D eigenvalue weighted by Crippen LogP contribution is -2.28. The van der Waals surface area contributed by atoms with Gasteiger partial charge in [-0.3, -0.25) is 0 Å². The van der Waals surface area contributed by atoms with Crippen LogP contribution in [0.25, 0.3) is 60.5 Å². The molecule has 0 amide bonds. The molecule has 1 aromatic heterocycles. The predicted octanol–water partition coefficient (Wildman–Crippen LogP) is 15.4. The summed E-state index contributed by atoms with van der Waals surface area (Å²) in [5, 5.41) is 4.92. The van der Waals surface area contributed by atoms with Gasteiger partial charge < -0.3 is 9.47 Å². The molecule has 286 valence electrons. The van der Waals surface area contributed by atoms with Crippen molar-refractivity contribution in [1.29, 1.82) is 0 Å². The van der Waals surface area contributed by atoms with E-state index in [2.05, 4.69) is 252 Å². The second-order valence-electron chi connectivity index (χ2n) is 16.1. The number of rotatable bonds is 7. The molecule has 0 atom stereocenters. The normalized spacial score (nSPS) is 12.7. The molecule has 1 heterocycles. The van der Waals surface area contributed by atoms with Gasteiger partial charge in [-0.15, -0.1) is 0 Å². The molecular formula is C59H40N2. The number of hydrogen-bond donors (Lipinski definition) is 0. The highest BCUT2D eigenvalue weighted by Gasteiger charge is 2.46. The van der Waals surface area contributed by atoms with Crippen LogP contribution in [0.3, 0.4) is 0 Å². The lowest BCUT2D eigenvalue weighted by atomic mass is 9.67. The number of aromatic nitrogens is 1. The zero-order valence-corrected chi connectivity index (χ0v) is 33.5. The van der Waals surface area contributed by atoms with E-state index in [1.54, 1.807) is 0 Å². The van der Waals surface area contributed by atoms with Gasteiger partial charge in [0.15, 0.2) is 0 Å². The Morgan fingerprint density at radius 3 is 1.70 bits per heavy atom. The van der Waals surface area contributed by atoms with Crippen LogP contribution < -0.4 is 4.90 Å². The molecule has 61 heavy (non-hydrogen) atoms. The molecule has 0 unspecified atom stereocenters. The van der Waals surface area contributed by atoms with Gasteiger partial charge in [-0.2, -0.15) is 0 Å². The summed E-state index contributed by atoms with van der Waals surface area (Å²) in [4.78, 5) is 2.43. The Balaban J connectivity index is 1.13. The molecule has 1 aliphatic rings. The Bertz CT molecular complexity index is 3360. The van der Waals surface area contributed by atoms with Gasteiger partial charge in [0.05, 0.1) is 16.4 Å². The summed E-state index contributed by atoms with van der Waals surface area (Å²) in [5.74, 6) is 0. The molecule has 1 aliphatic carbocycles. The lowest BCUT2D eigenvalue weighted by molar-refractivity contribution is 0.768. The second kappa shape index (κ2) is 14.1. The summed E-state index contributed by atoms with van der Waals surface area (Å²) in [6.45, 7) is 0. The molecule has 0 saturated carbocycles. The zero-order valence-electron chi connectivity index (χ0n) is 33.5. The Morgan fingerprint density at radius 1 is 0.344 bits per heavy atom.